The standard InChI is InChI=1S/C12H21N3/c1-3-6-15-9-11(7-14-15)12-8-13-5-4-10(12)2/h7,9-10,12-13H,3-6,8H2,1-2H3. The van der Waals surface area contributed by atoms with Crippen LogP contribution in [0.2, 0.25) is 0 Å². The van der Waals surface area contributed by atoms with Crippen LogP contribution in [0.5, 0.6) is 0 Å². The van der Waals surface area contributed by atoms with Gasteiger partial charge in [-0.25, -0.2) is 0 Å². The Morgan fingerprint density at radius 2 is 2.47 bits per heavy atom. The van der Waals surface area contributed by atoms with E-state index in [9.17, 15) is 0 Å². The Labute approximate surface area is 91.9 Å². The first-order chi connectivity index (χ1) is 7.31. The third-order valence-electron chi connectivity index (χ3n) is 3.36. The molecule has 2 atom stereocenters. The fourth-order valence-corrected chi connectivity index (χ4v) is 2.36. The smallest absolute Gasteiger partial charge is 0.0525 e. The summed E-state index contributed by atoms with van der Waals surface area (Å²) in [5.41, 5.74) is 1.41. The molecule has 0 aliphatic carbocycles. The number of rotatable bonds is 3. The fourth-order valence-electron chi connectivity index (χ4n) is 2.36. The monoisotopic (exact) mass is 207 g/mol. The van der Waals surface area contributed by atoms with Crippen molar-refractivity contribution in [2.75, 3.05) is 13.1 Å². The second kappa shape index (κ2) is 4.79. The molecule has 0 saturated carbocycles. The predicted octanol–water partition coefficient (Wildman–Crippen LogP) is 2.01. The van der Waals surface area contributed by atoms with E-state index in [0.717, 1.165) is 25.4 Å². The SMILES string of the molecule is CCCn1cc(C2CNCCC2C)cn1. The minimum atomic E-state index is 0.657. The Morgan fingerprint density at radius 1 is 1.60 bits per heavy atom. The molecule has 3 nitrogen and oxygen atoms in total. The molecular formula is C12H21N3. The van der Waals surface area contributed by atoms with Gasteiger partial charge in [0.15, 0.2) is 0 Å². The van der Waals surface area contributed by atoms with E-state index >= 15 is 0 Å². The lowest BCUT2D eigenvalue weighted by molar-refractivity contribution is 0.348. The molecule has 2 unspecified atom stereocenters. The van der Waals surface area contributed by atoms with Gasteiger partial charge in [-0.05, 0) is 30.9 Å². The zero-order chi connectivity index (χ0) is 10.7. The largest absolute Gasteiger partial charge is 0.316 e. The molecule has 1 aromatic rings. The number of aromatic nitrogens is 2. The van der Waals surface area contributed by atoms with Gasteiger partial charge in [0.05, 0.1) is 6.20 Å². The number of aryl methyl sites for hydroxylation is 1. The van der Waals surface area contributed by atoms with E-state index < -0.39 is 0 Å². The van der Waals surface area contributed by atoms with Crippen LogP contribution in [0.25, 0.3) is 0 Å². The van der Waals surface area contributed by atoms with Crippen LogP contribution in [-0.4, -0.2) is 22.9 Å². The maximum atomic E-state index is 4.40. The van der Waals surface area contributed by atoms with Gasteiger partial charge < -0.3 is 5.32 Å². The molecule has 1 saturated heterocycles. The topological polar surface area (TPSA) is 29.9 Å². The van der Waals surface area contributed by atoms with E-state index in [1.165, 1.54) is 18.5 Å². The molecule has 15 heavy (non-hydrogen) atoms. The predicted molar refractivity (Wildman–Crippen MR) is 61.9 cm³/mol. The first-order valence-corrected chi connectivity index (χ1v) is 6.04. The van der Waals surface area contributed by atoms with Crippen LogP contribution >= 0.6 is 0 Å². The molecule has 0 spiro atoms. The maximum Gasteiger partial charge on any atom is 0.0525 e. The second-order valence-electron chi connectivity index (χ2n) is 4.61. The normalized spacial score (nSPS) is 26.8. The summed E-state index contributed by atoms with van der Waals surface area (Å²) in [6.07, 6.45) is 6.70. The Kier molecular flexibility index (Phi) is 3.41. The van der Waals surface area contributed by atoms with Gasteiger partial charge in [-0.2, -0.15) is 5.10 Å². The highest BCUT2D eigenvalue weighted by Gasteiger charge is 2.23. The zero-order valence-corrected chi connectivity index (χ0v) is 9.74. The van der Waals surface area contributed by atoms with Crippen LogP contribution in [0, 0.1) is 5.92 Å². The summed E-state index contributed by atoms with van der Waals surface area (Å²) < 4.78 is 2.07. The molecule has 1 N–H and O–H groups in total. The molecule has 0 amide bonds. The number of hydrogen-bond acceptors (Lipinski definition) is 2. The van der Waals surface area contributed by atoms with E-state index in [-0.39, 0.29) is 0 Å². The lowest BCUT2D eigenvalue weighted by Crippen LogP contribution is -2.33. The molecule has 84 valence electrons. The molecule has 2 heterocycles. The Hall–Kier alpha value is -0.830. The highest BCUT2D eigenvalue weighted by molar-refractivity contribution is 5.14. The number of hydrogen-bond donors (Lipinski definition) is 1. The molecule has 1 aliphatic heterocycles. The first-order valence-electron chi connectivity index (χ1n) is 6.04. The average Bonchev–Trinajstić information content (AvgIpc) is 2.68. The molecule has 0 bridgehead atoms. The molecule has 0 radical (unpaired) electrons. The average molecular weight is 207 g/mol. The third kappa shape index (κ3) is 2.40. The lowest BCUT2D eigenvalue weighted by atomic mass is 9.84. The third-order valence-corrected chi connectivity index (χ3v) is 3.36. The van der Waals surface area contributed by atoms with Gasteiger partial charge in [0.1, 0.15) is 0 Å². The molecule has 1 fully saturated rings. The van der Waals surface area contributed by atoms with Crippen LogP contribution in [0.4, 0.5) is 0 Å². The van der Waals surface area contributed by atoms with Crippen LogP contribution in [0.1, 0.15) is 38.2 Å². The summed E-state index contributed by atoms with van der Waals surface area (Å²) in [4.78, 5) is 0. The summed E-state index contributed by atoms with van der Waals surface area (Å²) in [6.45, 7) is 7.85. The molecule has 1 aliphatic rings. The van der Waals surface area contributed by atoms with Crippen molar-refractivity contribution in [2.24, 2.45) is 5.92 Å². The maximum absolute atomic E-state index is 4.40. The Morgan fingerprint density at radius 3 is 3.20 bits per heavy atom. The van der Waals surface area contributed by atoms with Crippen molar-refractivity contribution >= 4 is 0 Å². The van der Waals surface area contributed by atoms with Crippen molar-refractivity contribution in [1.29, 1.82) is 0 Å². The van der Waals surface area contributed by atoms with Crippen LogP contribution in [0.3, 0.4) is 0 Å². The van der Waals surface area contributed by atoms with E-state index in [2.05, 4.69) is 35.1 Å². The van der Waals surface area contributed by atoms with Crippen LogP contribution < -0.4 is 5.32 Å². The molecule has 1 aromatic heterocycles. The van der Waals surface area contributed by atoms with E-state index in [0.29, 0.717) is 5.92 Å². The first kappa shape index (κ1) is 10.7. The minimum absolute atomic E-state index is 0.657. The summed E-state index contributed by atoms with van der Waals surface area (Å²) in [5.74, 6) is 1.44. The van der Waals surface area contributed by atoms with Crippen molar-refractivity contribution < 1.29 is 0 Å². The molecule has 0 aromatic carbocycles. The van der Waals surface area contributed by atoms with Gasteiger partial charge in [0.25, 0.3) is 0 Å². The van der Waals surface area contributed by atoms with Crippen molar-refractivity contribution in [3.63, 3.8) is 0 Å². The minimum Gasteiger partial charge on any atom is -0.316 e. The van der Waals surface area contributed by atoms with Crippen molar-refractivity contribution in [2.45, 2.75) is 39.2 Å². The lowest BCUT2D eigenvalue weighted by Gasteiger charge is -2.28. The van der Waals surface area contributed by atoms with Crippen LogP contribution in [-0.2, 0) is 6.54 Å². The summed E-state index contributed by atoms with van der Waals surface area (Å²) >= 11 is 0. The second-order valence-corrected chi connectivity index (χ2v) is 4.61. The number of piperidine rings is 1. The Bertz CT molecular complexity index is 306. The molecule has 3 heteroatoms. The quantitative estimate of drug-likeness (QED) is 0.821. The van der Waals surface area contributed by atoms with Gasteiger partial charge in [0.2, 0.25) is 0 Å². The van der Waals surface area contributed by atoms with Crippen LogP contribution in [0.15, 0.2) is 12.4 Å². The van der Waals surface area contributed by atoms with E-state index in [1.807, 2.05) is 6.20 Å². The number of nitrogens with zero attached hydrogens (tertiary/aromatic N) is 2. The highest BCUT2D eigenvalue weighted by Crippen LogP contribution is 2.28. The van der Waals surface area contributed by atoms with Crippen molar-refractivity contribution in [1.82, 2.24) is 15.1 Å². The van der Waals surface area contributed by atoms with Gasteiger partial charge in [-0.1, -0.05) is 13.8 Å². The van der Waals surface area contributed by atoms with Gasteiger partial charge in [0, 0.05) is 25.2 Å². The van der Waals surface area contributed by atoms with Gasteiger partial charge in [-0.15, -0.1) is 0 Å². The summed E-state index contributed by atoms with van der Waals surface area (Å²) in [5, 5.41) is 7.87. The Balaban J connectivity index is 2.06. The molecule has 2 rings (SSSR count). The van der Waals surface area contributed by atoms with E-state index in [1.54, 1.807) is 0 Å². The zero-order valence-electron chi connectivity index (χ0n) is 9.74. The van der Waals surface area contributed by atoms with Gasteiger partial charge in [-0.3, -0.25) is 4.68 Å². The fraction of sp³-hybridized carbons (Fsp3) is 0.750. The number of nitrogens with one attached hydrogen (secondary N) is 1. The molecular weight excluding hydrogens is 186 g/mol. The van der Waals surface area contributed by atoms with Gasteiger partial charge >= 0.3 is 0 Å². The van der Waals surface area contributed by atoms with Crippen molar-refractivity contribution in [3.05, 3.63) is 18.0 Å². The summed E-state index contributed by atoms with van der Waals surface area (Å²) in [7, 11) is 0. The van der Waals surface area contributed by atoms with Crippen molar-refractivity contribution in [3.8, 4) is 0 Å². The highest BCUT2D eigenvalue weighted by atomic mass is 15.3. The summed E-state index contributed by atoms with van der Waals surface area (Å²) in [6, 6.07) is 0. The van der Waals surface area contributed by atoms with E-state index in [4.69, 9.17) is 0 Å².